The Kier molecular flexibility index (Phi) is 6.10. The number of H-pyrrole nitrogens is 1. The van der Waals surface area contributed by atoms with Gasteiger partial charge >= 0.3 is 5.97 Å². The fraction of sp³-hybridized carbons (Fsp3) is 0.368. The Hall–Kier alpha value is -2.46. The second-order valence-corrected chi connectivity index (χ2v) is 8.58. The van der Waals surface area contributed by atoms with E-state index in [1.807, 2.05) is 12.1 Å². The van der Waals surface area contributed by atoms with Crippen LogP contribution in [0.1, 0.15) is 44.0 Å². The molecular formula is C19H20BrN5O3S. The fourth-order valence-corrected chi connectivity index (χ4v) is 5.19. The van der Waals surface area contributed by atoms with Crippen LogP contribution in [0, 0.1) is 0 Å². The number of ether oxygens (including phenoxy) is 1. The van der Waals surface area contributed by atoms with Crippen molar-refractivity contribution in [2.75, 3.05) is 5.32 Å². The second-order valence-electron chi connectivity index (χ2n) is 6.91. The maximum absolute atomic E-state index is 11.6. The van der Waals surface area contributed by atoms with E-state index in [9.17, 15) is 9.90 Å². The van der Waals surface area contributed by atoms with E-state index in [0.717, 1.165) is 16.1 Å². The quantitative estimate of drug-likeness (QED) is 0.454. The van der Waals surface area contributed by atoms with Crippen molar-refractivity contribution in [2.24, 2.45) is 0 Å². The van der Waals surface area contributed by atoms with Gasteiger partial charge in [-0.25, -0.2) is 4.79 Å². The average molecular weight is 478 g/mol. The van der Waals surface area contributed by atoms with Crippen LogP contribution in [0.15, 0.2) is 34.1 Å². The first kappa shape index (κ1) is 19.8. The van der Waals surface area contributed by atoms with Crippen LogP contribution >= 0.6 is 27.3 Å². The van der Waals surface area contributed by atoms with E-state index < -0.39 is 12.1 Å². The predicted octanol–water partition coefficient (Wildman–Crippen LogP) is 4.64. The van der Waals surface area contributed by atoms with Crippen LogP contribution in [-0.2, 0) is 4.79 Å². The van der Waals surface area contributed by atoms with Gasteiger partial charge < -0.3 is 15.2 Å². The van der Waals surface area contributed by atoms with Gasteiger partial charge in [0.25, 0.3) is 6.10 Å². The van der Waals surface area contributed by atoms with Gasteiger partial charge in [0.2, 0.25) is 5.82 Å². The zero-order valence-electron chi connectivity index (χ0n) is 15.5. The highest BCUT2D eigenvalue weighted by molar-refractivity contribution is 9.10. The number of carbonyl (C=O) groups is 1. The lowest BCUT2D eigenvalue weighted by Gasteiger charge is -2.24. The number of aromatic nitrogens is 4. The molecule has 1 saturated carbocycles. The molecule has 1 atom stereocenters. The second kappa shape index (κ2) is 8.91. The Morgan fingerprint density at radius 1 is 1.34 bits per heavy atom. The summed E-state index contributed by atoms with van der Waals surface area (Å²) in [6, 6.07) is 8.76. The van der Waals surface area contributed by atoms with E-state index >= 15 is 0 Å². The normalized spacial score (nSPS) is 15.8. The zero-order chi connectivity index (χ0) is 20.2. The SMILES string of the molecule is O=C(O)C(Oc1csc(-c2cccc(NC3CCCCC3)c2)c1Br)c1nn[nH]n1. The van der Waals surface area contributed by atoms with Gasteiger partial charge in [-0.05, 0) is 46.5 Å². The Labute approximate surface area is 179 Å². The smallest absolute Gasteiger partial charge is 0.353 e. The number of benzene rings is 1. The Balaban J connectivity index is 1.53. The molecule has 0 bridgehead atoms. The lowest BCUT2D eigenvalue weighted by Crippen LogP contribution is -2.22. The van der Waals surface area contributed by atoms with Crippen LogP contribution in [0.2, 0.25) is 0 Å². The summed E-state index contributed by atoms with van der Waals surface area (Å²) >= 11 is 5.04. The van der Waals surface area contributed by atoms with Crippen molar-refractivity contribution < 1.29 is 14.6 Å². The van der Waals surface area contributed by atoms with Crippen LogP contribution in [0.25, 0.3) is 10.4 Å². The van der Waals surface area contributed by atoms with Gasteiger partial charge in [-0.3, -0.25) is 0 Å². The molecule has 0 aliphatic heterocycles. The summed E-state index contributed by atoms with van der Waals surface area (Å²) in [5, 5.41) is 28.0. The number of anilines is 1. The molecule has 4 rings (SSSR count). The van der Waals surface area contributed by atoms with E-state index in [2.05, 4.69) is 54.0 Å². The lowest BCUT2D eigenvalue weighted by atomic mass is 9.95. The van der Waals surface area contributed by atoms with Gasteiger partial charge in [-0.15, -0.1) is 21.5 Å². The summed E-state index contributed by atoms with van der Waals surface area (Å²) in [4.78, 5) is 12.5. The maximum Gasteiger partial charge on any atom is 0.353 e. The van der Waals surface area contributed by atoms with Gasteiger partial charge in [-0.2, -0.15) is 5.21 Å². The molecule has 0 radical (unpaired) electrons. The van der Waals surface area contributed by atoms with Crippen LogP contribution in [0.5, 0.6) is 5.75 Å². The van der Waals surface area contributed by atoms with Gasteiger partial charge in [-0.1, -0.05) is 36.6 Å². The van der Waals surface area contributed by atoms with Crippen LogP contribution in [0.3, 0.4) is 0 Å². The fourth-order valence-electron chi connectivity index (χ4n) is 3.46. The van der Waals surface area contributed by atoms with E-state index in [-0.39, 0.29) is 5.82 Å². The van der Waals surface area contributed by atoms with E-state index in [0.29, 0.717) is 16.3 Å². The molecule has 2 heterocycles. The number of nitrogens with zero attached hydrogens (tertiary/aromatic N) is 3. The minimum atomic E-state index is -1.34. The molecule has 1 unspecified atom stereocenters. The highest BCUT2D eigenvalue weighted by Crippen LogP contribution is 2.43. The van der Waals surface area contributed by atoms with Gasteiger partial charge in [0, 0.05) is 17.1 Å². The molecular weight excluding hydrogens is 458 g/mol. The number of carboxylic acid groups (broad SMARTS) is 1. The number of tetrazole rings is 1. The summed E-state index contributed by atoms with van der Waals surface area (Å²) in [7, 11) is 0. The van der Waals surface area contributed by atoms with Crippen molar-refractivity contribution in [3.8, 4) is 16.2 Å². The molecule has 3 N–H and O–H groups in total. The topological polar surface area (TPSA) is 113 Å². The Bertz CT molecular complexity index is 972. The van der Waals surface area contributed by atoms with Crippen LogP contribution in [-0.4, -0.2) is 37.7 Å². The molecule has 1 fully saturated rings. The van der Waals surface area contributed by atoms with Gasteiger partial charge in [0.1, 0.15) is 5.75 Å². The molecule has 10 heteroatoms. The van der Waals surface area contributed by atoms with E-state index in [1.165, 1.54) is 43.4 Å². The third kappa shape index (κ3) is 4.59. The zero-order valence-corrected chi connectivity index (χ0v) is 17.9. The summed E-state index contributed by atoms with van der Waals surface area (Å²) in [5.41, 5.74) is 2.12. The first-order chi connectivity index (χ1) is 14.1. The Morgan fingerprint density at radius 2 is 2.17 bits per heavy atom. The van der Waals surface area contributed by atoms with Crippen molar-refractivity contribution in [2.45, 2.75) is 44.2 Å². The number of aromatic amines is 1. The minimum absolute atomic E-state index is 0.0316. The molecule has 2 aromatic heterocycles. The van der Waals surface area contributed by atoms with E-state index in [4.69, 9.17) is 4.74 Å². The number of thiophene rings is 1. The molecule has 29 heavy (non-hydrogen) atoms. The molecule has 1 aliphatic carbocycles. The molecule has 1 aliphatic rings. The third-order valence-electron chi connectivity index (χ3n) is 4.87. The van der Waals surface area contributed by atoms with Gasteiger partial charge in [0.05, 0.1) is 9.35 Å². The summed E-state index contributed by atoms with van der Waals surface area (Å²) in [6.07, 6.45) is 4.95. The number of rotatable bonds is 7. The standard InChI is InChI=1S/C19H20BrN5O3S/c20-15-14(28-16(19(26)27)18-22-24-25-23-18)10-29-17(15)11-5-4-8-13(9-11)21-12-6-2-1-3-7-12/h4-5,8-10,12,16,21H,1-3,6-7H2,(H,26,27)(H,22,23,24,25). The van der Waals surface area contributed by atoms with Crippen molar-refractivity contribution in [3.05, 3.63) is 39.9 Å². The van der Waals surface area contributed by atoms with Crippen molar-refractivity contribution in [1.82, 2.24) is 20.6 Å². The molecule has 0 amide bonds. The third-order valence-corrected chi connectivity index (χ3v) is 6.92. The first-order valence-electron chi connectivity index (χ1n) is 9.38. The minimum Gasteiger partial charge on any atom is -0.478 e. The summed E-state index contributed by atoms with van der Waals surface area (Å²) in [6.45, 7) is 0. The number of aliphatic carboxylic acids is 1. The van der Waals surface area contributed by atoms with Crippen LogP contribution in [0.4, 0.5) is 5.69 Å². The van der Waals surface area contributed by atoms with Crippen molar-refractivity contribution in [1.29, 1.82) is 0 Å². The summed E-state index contributed by atoms with van der Waals surface area (Å²) < 4.78 is 6.37. The molecule has 3 aromatic rings. The highest BCUT2D eigenvalue weighted by Gasteiger charge is 2.28. The number of hydrogen-bond acceptors (Lipinski definition) is 7. The van der Waals surface area contributed by atoms with Crippen molar-refractivity contribution >= 4 is 38.9 Å². The van der Waals surface area contributed by atoms with Crippen molar-refractivity contribution in [3.63, 3.8) is 0 Å². The number of hydrogen-bond donors (Lipinski definition) is 3. The highest BCUT2D eigenvalue weighted by atomic mass is 79.9. The molecule has 8 nitrogen and oxygen atoms in total. The molecule has 1 aromatic carbocycles. The van der Waals surface area contributed by atoms with Crippen LogP contribution < -0.4 is 10.1 Å². The number of halogens is 1. The van der Waals surface area contributed by atoms with Gasteiger partial charge in [0.15, 0.2) is 0 Å². The average Bonchev–Trinajstić information content (AvgIpc) is 3.37. The molecule has 0 spiro atoms. The lowest BCUT2D eigenvalue weighted by molar-refractivity contribution is -0.145. The largest absolute Gasteiger partial charge is 0.478 e. The number of nitrogens with one attached hydrogen (secondary N) is 2. The van der Waals surface area contributed by atoms with E-state index in [1.54, 1.807) is 5.38 Å². The Morgan fingerprint density at radius 3 is 2.90 bits per heavy atom. The molecule has 152 valence electrons. The predicted molar refractivity (Wildman–Crippen MR) is 113 cm³/mol. The monoisotopic (exact) mass is 477 g/mol. The summed E-state index contributed by atoms with van der Waals surface area (Å²) in [5.74, 6) is -0.798. The number of carboxylic acids is 1. The maximum atomic E-state index is 11.6. The molecule has 0 saturated heterocycles. The first-order valence-corrected chi connectivity index (χ1v) is 11.1.